The lowest BCUT2D eigenvalue weighted by atomic mass is 10.1. The summed E-state index contributed by atoms with van der Waals surface area (Å²) in [6, 6.07) is 10.2. The summed E-state index contributed by atoms with van der Waals surface area (Å²) in [6.45, 7) is 9.45. The molecule has 0 saturated heterocycles. The topological polar surface area (TPSA) is 76.2 Å². The first-order valence-electron chi connectivity index (χ1n) is 10.1. The van der Waals surface area contributed by atoms with Gasteiger partial charge in [0.25, 0.3) is 5.91 Å². The van der Waals surface area contributed by atoms with Crippen LogP contribution < -0.4 is 5.32 Å². The number of amides is 1. The van der Waals surface area contributed by atoms with E-state index < -0.39 is 0 Å². The van der Waals surface area contributed by atoms with Gasteiger partial charge >= 0.3 is 0 Å². The summed E-state index contributed by atoms with van der Waals surface area (Å²) in [5, 5.41) is 11.8. The quantitative estimate of drug-likeness (QED) is 0.721. The van der Waals surface area contributed by atoms with Gasteiger partial charge in [-0.1, -0.05) is 29.8 Å². The van der Waals surface area contributed by atoms with Crippen LogP contribution in [0.15, 0.2) is 41.0 Å². The highest BCUT2D eigenvalue weighted by Crippen LogP contribution is 2.18. The number of furan rings is 1. The van der Waals surface area contributed by atoms with Gasteiger partial charge in [-0.15, -0.1) is 10.2 Å². The number of carbonyl (C=O) groups excluding carboxylic acids is 1. The standard InChI is InChI=1S/C22H27N5O2/c1-15-4-6-18(7-5-15)14-26-10-8-20-24-25-21(27(20)12-11-26)16(2)23-22(28)19-9-13-29-17(19)3/h4-7,9,13,16H,8,10-12,14H2,1-3H3,(H,23,28)/t16-/m0/s1. The van der Waals surface area contributed by atoms with Crippen LogP contribution in [-0.2, 0) is 19.5 Å². The van der Waals surface area contributed by atoms with Crippen molar-refractivity contribution in [2.45, 2.75) is 46.3 Å². The van der Waals surface area contributed by atoms with Crippen LogP contribution in [-0.4, -0.2) is 38.7 Å². The molecule has 0 saturated carbocycles. The zero-order chi connectivity index (χ0) is 20.4. The number of nitrogens with zero attached hydrogens (tertiary/aromatic N) is 4. The maximum absolute atomic E-state index is 12.5. The van der Waals surface area contributed by atoms with Crippen molar-refractivity contribution in [2.75, 3.05) is 13.1 Å². The van der Waals surface area contributed by atoms with Gasteiger partial charge in [-0.2, -0.15) is 0 Å². The molecular formula is C22H27N5O2. The van der Waals surface area contributed by atoms with Gasteiger partial charge in [-0.05, 0) is 32.4 Å². The van der Waals surface area contributed by atoms with Crippen LogP contribution in [0, 0.1) is 13.8 Å². The Balaban J connectivity index is 1.42. The molecule has 4 rings (SSSR count). The second-order valence-corrected chi connectivity index (χ2v) is 7.72. The highest BCUT2D eigenvalue weighted by Gasteiger charge is 2.23. The van der Waals surface area contributed by atoms with Gasteiger partial charge in [-0.3, -0.25) is 9.69 Å². The van der Waals surface area contributed by atoms with Crippen LogP contribution in [0.1, 0.15) is 51.9 Å². The first kappa shape index (κ1) is 19.4. The third-order valence-electron chi connectivity index (χ3n) is 5.51. The molecule has 0 radical (unpaired) electrons. The molecule has 3 aromatic rings. The summed E-state index contributed by atoms with van der Waals surface area (Å²) < 4.78 is 7.39. The fourth-order valence-electron chi connectivity index (χ4n) is 3.78. The van der Waals surface area contributed by atoms with Gasteiger partial charge in [0, 0.05) is 32.6 Å². The van der Waals surface area contributed by atoms with E-state index in [2.05, 4.69) is 56.2 Å². The molecule has 3 heterocycles. The highest BCUT2D eigenvalue weighted by molar-refractivity contribution is 5.95. The molecule has 1 aliphatic heterocycles. The zero-order valence-corrected chi connectivity index (χ0v) is 17.2. The lowest BCUT2D eigenvalue weighted by molar-refractivity contribution is 0.0936. The molecule has 0 fully saturated rings. The molecule has 7 nitrogen and oxygen atoms in total. The van der Waals surface area contributed by atoms with Crippen LogP contribution in [0.3, 0.4) is 0 Å². The molecule has 0 bridgehead atoms. The lowest BCUT2D eigenvalue weighted by Gasteiger charge is -2.20. The van der Waals surface area contributed by atoms with Gasteiger partial charge in [0.05, 0.1) is 17.9 Å². The number of rotatable bonds is 5. The number of hydrogen-bond donors (Lipinski definition) is 1. The van der Waals surface area contributed by atoms with E-state index >= 15 is 0 Å². The number of nitrogens with one attached hydrogen (secondary N) is 1. The molecule has 0 aliphatic carbocycles. The molecule has 1 amide bonds. The van der Waals surface area contributed by atoms with Gasteiger partial charge in [-0.25, -0.2) is 0 Å². The van der Waals surface area contributed by atoms with Crippen molar-refractivity contribution in [3.05, 3.63) is 70.7 Å². The van der Waals surface area contributed by atoms with E-state index in [1.807, 2.05) is 6.92 Å². The SMILES string of the molecule is Cc1ccc(CN2CCc3nnc([C@H](C)NC(=O)c4ccoc4C)n3CC2)cc1. The zero-order valence-electron chi connectivity index (χ0n) is 17.2. The van der Waals surface area contributed by atoms with E-state index in [-0.39, 0.29) is 11.9 Å². The van der Waals surface area contributed by atoms with Crippen molar-refractivity contribution in [1.82, 2.24) is 25.0 Å². The Kier molecular flexibility index (Phi) is 5.49. The average Bonchev–Trinajstić information content (AvgIpc) is 3.26. The molecule has 0 spiro atoms. The first-order valence-corrected chi connectivity index (χ1v) is 10.1. The van der Waals surface area contributed by atoms with Crippen molar-refractivity contribution in [2.24, 2.45) is 0 Å². The van der Waals surface area contributed by atoms with Crippen molar-refractivity contribution in [1.29, 1.82) is 0 Å². The average molecular weight is 393 g/mol. The smallest absolute Gasteiger partial charge is 0.255 e. The van der Waals surface area contributed by atoms with E-state index in [1.165, 1.54) is 17.4 Å². The Morgan fingerprint density at radius 3 is 2.66 bits per heavy atom. The van der Waals surface area contributed by atoms with Crippen molar-refractivity contribution >= 4 is 5.91 Å². The van der Waals surface area contributed by atoms with Crippen LogP contribution in [0.5, 0.6) is 0 Å². The van der Waals surface area contributed by atoms with Crippen LogP contribution in [0.2, 0.25) is 0 Å². The Morgan fingerprint density at radius 1 is 1.14 bits per heavy atom. The molecule has 0 unspecified atom stereocenters. The van der Waals surface area contributed by atoms with E-state index in [0.29, 0.717) is 11.3 Å². The minimum absolute atomic E-state index is 0.157. The number of aryl methyl sites for hydroxylation is 2. The number of aromatic nitrogens is 3. The van der Waals surface area contributed by atoms with E-state index in [0.717, 1.165) is 44.2 Å². The van der Waals surface area contributed by atoms with E-state index in [1.54, 1.807) is 13.0 Å². The van der Waals surface area contributed by atoms with E-state index in [4.69, 9.17) is 4.42 Å². The van der Waals surface area contributed by atoms with Crippen LogP contribution in [0.4, 0.5) is 0 Å². The summed E-state index contributed by atoms with van der Waals surface area (Å²) in [5.41, 5.74) is 3.16. The third-order valence-corrected chi connectivity index (χ3v) is 5.51. The third kappa shape index (κ3) is 4.24. The summed E-state index contributed by atoms with van der Waals surface area (Å²) in [4.78, 5) is 15.0. The number of fused-ring (bicyclic) bond motifs is 1. The number of hydrogen-bond acceptors (Lipinski definition) is 5. The number of carbonyl (C=O) groups is 1. The molecule has 152 valence electrons. The predicted molar refractivity (Wildman–Crippen MR) is 110 cm³/mol. The Morgan fingerprint density at radius 2 is 1.93 bits per heavy atom. The largest absolute Gasteiger partial charge is 0.469 e. The molecule has 1 aliphatic rings. The molecule has 2 aromatic heterocycles. The lowest BCUT2D eigenvalue weighted by Crippen LogP contribution is -2.30. The second-order valence-electron chi connectivity index (χ2n) is 7.72. The predicted octanol–water partition coefficient (Wildman–Crippen LogP) is 3.04. The summed E-state index contributed by atoms with van der Waals surface area (Å²) >= 11 is 0. The van der Waals surface area contributed by atoms with Crippen molar-refractivity contribution in [3.8, 4) is 0 Å². The maximum Gasteiger partial charge on any atom is 0.255 e. The monoisotopic (exact) mass is 393 g/mol. The van der Waals surface area contributed by atoms with Gasteiger partial charge in [0.2, 0.25) is 0 Å². The first-order chi connectivity index (χ1) is 14.0. The van der Waals surface area contributed by atoms with Crippen molar-refractivity contribution < 1.29 is 9.21 Å². The fourth-order valence-corrected chi connectivity index (χ4v) is 3.78. The Labute approximate surface area is 170 Å². The van der Waals surface area contributed by atoms with Crippen LogP contribution in [0.25, 0.3) is 0 Å². The fraction of sp³-hybridized carbons (Fsp3) is 0.409. The Bertz CT molecular complexity index is 989. The van der Waals surface area contributed by atoms with Gasteiger partial charge in [0.15, 0.2) is 5.82 Å². The maximum atomic E-state index is 12.5. The normalized spacial score (nSPS) is 15.6. The molecular weight excluding hydrogens is 366 g/mol. The van der Waals surface area contributed by atoms with Gasteiger partial charge < -0.3 is 14.3 Å². The molecule has 1 atom stereocenters. The second kappa shape index (κ2) is 8.21. The van der Waals surface area contributed by atoms with E-state index in [9.17, 15) is 4.79 Å². The Hall–Kier alpha value is -2.93. The molecule has 1 aromatic carbocycles. The molecule has 1 N–H and O–H groups in total. The molecule has 7 heteroatoms. The highest BCUT2D eigenvalue weighted by atomic mass is 16.3. The van der Waals surface area contributed by atoms with Crippen molar-refractivity contribution in [3.63, 3.8) is 0 Å². The summed E-state index contributed by atoms with van der Waals surface area (Å²) in [7, 11) is 0. The summed E-state index contributed by atoms with van der Waals surface area (Å²) in [6.07, 6.45) is 2.38. The number of benzene rings is 1. The van der Waals surface area contributed by atoms with Gasteiger partial charge in [0.1, 0.15) is 11.6 Å². The minimum atomic E-state index is -0.235. The summed E-state index contributed by atoms with van der Waals surface area (Å²) in [5.74, 6) is 2.23. The van der Waals surface area contributed by atoms with Crippen LogP contribution >= 0.6 is 0 Å². The molecule has 29 heavy (non-hydrogen) atoms. The minimum Gasteiger partial charge on any atom is -0.469 e.